The molecule has 1 saturated heterocycles. The number of morpholine rings is 1. The van der Waals surface area contributed by atoms with E-state index in [1.54, 1.807) is 6.92 Å². The molecule has 1 fully saturated rings. The topological polar surface area (TPSA) is 92.2 Å². The number of nitrogens with zero attached hydrogens (tertiary/aromatic N) is 3. The highest BCUT2D eigenvalue weighted by Crippen LogP contribution is 2.34. The maximum Gasteiger partial charge on any atom is 0.361 e. The van der Waals surface area contributed by atoms with Crippen molar-refractivity contribution in [3.63, 3.8) is 0 Å². The van der Waals surface area contributed by atoms with Gasteiger partial charge in [0.1, 0.15) is 6.26 Å². The standard InChI is InChI=1S/C23H27N3O6/c1-3-29-20-19(23(27)30-4-2)24-21(25-22(20)26-10-12-28-13-11-26)17-15-31-18(32-17)14-16-8-6-5-7-9-16/h5-9,15,18H,3-4,10-14H2,1-2H3. The molecule has 0 N–H and O–H groups in total. The molecule has 0 radical (unpaired) electrons. The number of aromatic nitrogens is 2. The number of carbonyl (C=O) groups is 1. The van der Waals surface area contributed by atoms with E-state index in [-0.39, 0.29) is 18.1 Å². The second-order valence-electron chi connectivity index (χ2n) is 7.16. The minimum absolute atomic E-state index is 0.0659. The number of benzene rings is 1. The van der Waals surface area contributed by atoms with Crippen LogP contribution < -0.4 is 9.64 Å². The predicted octanol–water partition coefficient (Wildman–Crippen LogP) is 2.80. The third-order valence-corrected chi connectivity index (χ3v) is 4.97. The number of carbonyl (C=O) groups excluding carboxylic acids is 1. The molecule has 1 unspecified atom stereocenters. The minimum atomic E-state index is -0.575. The number of anilines is 1. The van der Waals surface area contributed by atoms with Crippen molar-refractivity contribution in [2.75, 3.05) is 44.4 Å². The molecule has 0 amide bonds. The molecule has 1 atom stereocenters. The van der Waals surface area contributed by atoms with Gasteiger partial charge >= 0.3 is 5.97 Å². The van der Waals surface area contributed by atoms with E-state index in [1.165, 1.54) is 6.26 Å². The van der Waals surface area contributed by atoms with Crippen molar-refractivity contribution in [3.05, 3.63) is 53.7 Å². The summed E-state index contributed by atoms with van der Waals surface area (Å²) in [4.78, 5) is 23.9. The first-order valence-corrected chi connectivity index (χ1v) is 10.8. The van der Waals surface area contributed by atoms with E-state index >= 15 is 0 Å². The van der Waals surface area contributed by atoms with E-state index in [0.29, 0.717) is 56.7 Å². The first-order chi connectivity index (χ1) is 15.7. The summed E-state index contributed by atoms with van der Waals surface area (Å²) in [5.41, 5.74) is 1.15. The Bertz CT molecular complexity index is 960. The second kappa shape index (κ2) is 10.3. The summed E-state index contributed by atoms with van der Waals surface area (Å²) in [7, 11) is 0. The lowest BCUT2D eigenvalue weighted by Gasteiger charge is -2.29. The maximum absolute atomic E-state index is 12.7. The molecule has 2 aliphatic rings. The Labute approximate surface area is 186 Å². The summed E-state index contributed by atoms with van der Waals surface area (Å²) in [5, 5.41) is 0. The lowest BCUT2D eigenvalue weighted by atomic mass is 10.1. The quantitative estimate of drug-likeness (QED) is 0.573. The Kier molecular flexibility index (Phi) is 7.06. The monoisotopic (exact) mass is 441 g/mol. The van der Waals surface area contributed by atoms with E-state index in [4.69, 9.17) is 28.7 Å². The van der Waals surface area contributed by atoms with Crippen molar-refractivity contribution < 1.29 is 28.5 Å². The van der Waals surface area contributed by atoms with Crippen LogP contribution in [0, 0.1) is 0 Å². The van der Waals surface area contributed by atoms with Crippen LogP contribution in [0.4, 0.5) is 5.82 Å². The normalized spacial score (nSPS) is 17.9. The Morgan fingerprint density at radius 1 is 1.12 bits per heavy atom. The zero-order chi connectivity index (χ0) is 22.3. The van der Waals surface area contributed by atoms with Gasteiger partial charge in [-0.2, -0.15) is 0 Å². The van der Waals surface area contributed by atoms with Crippen LogP contribution in [0.25, 0.3) is 5.76 Å². The van der Waals surface area contributed by atoms with Crippen LogP contribution in [0.5, 0.6) is 5.75 Å². The largest absolute Gasteiger partial charge is 0.488 e. The van der Waals surface area contributed by atoms with Crippen molar-refractivity contribution in [2.45, 2.75) is 26.6 Å². The van der Waals surface area contributed by atoms with E-state index in [2.05, 4.69) is 4.98 Å². The molecular formula is C23H27N3O6. The summed E-state index contributed by atoms with van der Waals surface area (Å²) in [5.74, 6) is 0.841. The molecule has 3 heterocycles. The maximum atomic E-state index is 12.7. The molecule has 0 saturated carbocycles. The average Bonchev–Trinajstić information content (AvgIpc) is 3.29. The Hall–Kier alpha value is -3.33. The summed E-state index contributed by atoms with van der Waals surface area (Å²) in [6, 6.07) is 9.91. The van der Waals surface area contributed by atoms with E-state index in [9.17, 15) is 4.79 Å². The third kappa shape index (κ3) is 4.94. The van der Waals surface area contributed by atoms with Crippen LogP contribution in [0.15, 0.2) is 36.6 Å². The van der Waals surface area contributed by atoms with Crippen molar-refractivity contribution in [2.24, 2.45) is 0 Å². The summed E-state index contributed by atoms with van der Waals surface area (Å²) >= 11 is 0. The van der Waals surface area contributed by atoms with E-state index < -0.39 is 12.3 Å². The number of ether oxygens (including phenoxy) is 5. The van der Waals surface area contributed by atoms with Crippen molar-refractivity contribution in [1.29, 1.82) is 0 Å². The van der Waals surface area contributed by atoms with Gasteiger partial charge in [-0.05, 0) is 19.4 Å². The molecule has 9 nitrogen and oxygen atoms in total. The molecule has 170 valence electrons. The van der Waals surface area contributed by atoms with Crippen molar-refractivity contribution in [3.8, 4) is 5.75 Å². The van der Waals surface area contributed by atoms with Gasteiger partial charge in [-0.25, -0.2) is 14.8 Å². The van der Waals surface area contributed by atoms with Gasteiger partial charge in [0.2, 0.25) is 17.9 Å². The van der Waals surface area contributed by atoms with Gasteiger partial charge in [-0.15, -0.1) is 0 Å². The van der Waals surface area contributed by atoms with Gasteiger partial charge in [-0.1, -0.05) is 30.3 Å². The van der Waals surface area contributed by atoms with Gasteiger partial charge in [0.25, 0.3) is 0 Å². The lowest BCUT2D eigenvalue weighted by Crippen LogP contribution is -2.37. The Morgan fingerprint density at radius 3 is 2.62 bits per heavy atom. The molecule has 0 spiro atoms. The van der Waals surface area contributed by atoms with Crippen LogP contribution in [-0.4, -0.2) is 61.7 Å². The number of hydrogen-bond acceptors (Lipinski definition) is 9. The number of esters is 1. The van der Waals surface area contributed by atoms with Crippen molar-refractivity contribution >= 4 is 17.5 Å². The molecule has 9 heteroatoms. The van der Waals surface area contributed by atoms with Gasteiger partial charge in [0.05, 0.1) is 26.4 Å². The fraction of sp³-hybridized carbons (Fsp3) is 0.435. The smallest absolute Gasteiger partial charge is 0.361 e. The molecule has 4 rings (SSSR count). The van der Waals surface area contributed by atoms with Crippen molar-refractivity contribution in [1.82, 2.24) is 9.97 Å². The fourth-order valence-corrected chi connectivity index (χ4v) is 3.49. The highest BCUT2D eigenvalue weighted by Gasteiger charge is 2.30. The van der Waals surface area contributed by atoms with Gasteiger partial charge in [-0.3, -0.25) is 0 Å². The fourth-order valence-electron chi connectivity index (χ4n) is 3.49. The van der Waals surface area contributed by atoms with E-state index in [1.807, 2.05) is 42.2 Å². The molecule has 0 bridgehead atoms. The third-order valence-electron chi connectivity index (χ3n) is 4.97. The molecule has 1 aromatic carbocycles. The molecule has 0 aliphatic carbocycles. The summed E-state index contributed by atoms with van der Waals surface area (Å²) in [6.45, 7) is 6.51. The van der Waals surface area contributed by atoms with Gasteiger partial charge < -0.3 is 28.6 Å². The second-order valence-corrected chi connectivity index (χ2v) is 7.16. The van der Waals surface area contributed by atoms with Crippen LogP contribution in [0.1, 0.15) is 35.7 Å². The molecular weight excluding hydrogens is 414 g/mol. The zero-order valence-electron chi connectivity index (χ0n) is 18.3. The summed E-state index contributed by atoms with van der Waals surface area (Å²) in [6.07, 6.45) is 1.56. The Morgan fingerprint density at radius 2 is 1.91 bits per heavy atom. The number of hydrogen-bond donors (Lipinski definition) is 0. The molecule has 2 aliphatic heterocycles. The molecule has 1 aromatic heterocycles. The predicted molar refractivity (Wildman–Crippen MR) is 116 cm³/mol. The highest BCUT2D eigenvalue weighted by atomic mass is 16.7. The van der Waals surface area contributed by atoms with Crippen LogP contribution >= 0.6 is 0 Å². The van der Waals surface area contributed by atoms with E-state index in [0.717, 1.165) is 5.56 Å². The molecule has 32 heavy (non-hydrogen) atoms. The van der Waals surface area contributed by atoms with Crippen LogP contribution in [0.3, 0.4) is 0 Å². The number of rotatable bonds is 8. The lowest BCUT2D eigenvalue weighted by molar-refractivity contribution is -0.0139. The molecule has 2 aromatic rings. The average molecular weight is 441 g/mol. The van der Waals surface area contributed by atoms with Crippen LogP contribution in [-0.2, 0) is 25.4 Å². The van der Waals surface area contributed by atoms with Crippen LogP contribution in [0.2, 0.25) is 0 Å². The van der Waals surface area contributed by atoms with Gasteiger partial charge in [0, 0.05) is 19.5 Å². The summed E-state index contributed by atoms with van der Waals surface area (Å²) < 4.78 is 28.2. The Balaban J connectivity index is 1.65. The minimum Gasteiger partial charge on any atom is -0.488 e. The zero-order valence-corrected chi connectivity index (χ0v) is 18.3. The SMILES string of the molecule is CCOC(=O)c1nc(C2=COC(Cc3ccccc3)O2)nc(N2CCOCC2)c1OCC. The van der Waals surface area contributed by atoms with Gasteiger partial charge in [0.15, 0.2) is 17.3 Å². The first kappa shape index (κ1) is 21.9. The highest BCUT2D eigenvalue weighted by molar-refractivity contribution is 5.92. The first-order valence-electron chi connectivity index (χ1n) is 10.8.